The first-order chi connectivity index (χ1) is 8.34. The molecule has 1 unspecified atom stereocenters. The molecule has 3 N–H and O–H groups in total. The van der Waals surface area contributed by atoms with E-state index in [1.165, 1.54) is 0 Å². The molecule has 0 aliphatic heterocycles. The number of carbonyl (C=O) groups excluding carboxylic acids is 1. The maximum absolute atomic E-state index is 11.4. The molecule has 0 aromatic heterocycles. The van der Waals surface area contributed by atoms with Crippen molar-refractivity contribution in [3.8, 4) is 0 Å². The van der Waals surface area contributed by atoms with Crippen LogP contribution >= 0.6 is 11.6 Å². The molecule has 1 rings (SSSR count). The van der Waals surface area contributed by atoms with Crippen LogP contribution in [0.2, 0.25) is 5.02 Å². The molecule has 0 spiro atoms. The van der Waals surface area contributed by atoms with Crippen LogP contribution in [0.15, 0.2) is 24.3 Å². The number of primary amides is 1. The van der Waals surface area contributed by atoms with Gasteiger partial charge in [0.15, 0.2) is 0 Å². The maximum Gasteiger partial charge on any atom is 0.240 e. The molecule has 18 heavy (non-hydrogen) atoms. The Morgan fingerprint density at radius 3 is 2.44 bits per heavy atom. The molecule has 0 saturated carbocycles. The fraction of sp³-hybridized carbons (Fsp3) is 0.462. The minimum absolute atomic E-state index is 0.407. The summed E-state index contributed by atoms with van der Waals surface area (Å²) in [7, 11) is 1.61. The Balaban J connectivity index is 2.75. The largest absolute Gasteiger partial charge is 0.379 e. The third-order valence-electron chi connectivity index (χ3n) is 2.78. The minimum Gasteiger partial charge on any atom is -0.379 e. The van der Waals surface area contributed by atoms with Crippen LogP contribution in [0.3, 0.4) is 0 Å². The first kappa shape index (κ1) is 14.8. The van der Waals surface area contributed by atoms with Crippen LogP contribution < -0.4 is 11.1 Å². The van der Waals surface area contributed by atoms with Crippen LogP contribution in [-0.4, -0.2) is 24.7 Å². The molecule has 0 aliphatic rings. The summed E-state index contributed by atoms with van der Waals surface area (Å²) in [5.74, 6) is -0.407. The number of ether oxygens (including phenoxy) is 1. The molecule has 1 atom stereocenters. The number of amides is 1. The summed E-state index contributed by atoms with van der Waals surface area (Å²) in [4.78, 5) is 11.4. The third kappa shape index (κ3) is 4.55. The zero-order valence-electron chi connectivity index (χ0n) is 10.9. The van der Waals surface area contributed by atoms with E-state index in [0.29, 0.717) is 11.4 Å². The number of nitrogens with two attached hydrogens (primary N) is 1. The predicted octanol–water partition coefficient (Wildman–Crippen LogP) is 2.42. The lowest BCUT2D eigenvalue weighted by Crippen LogP contribution is -2.41. The van der Waals surface area contributed by atoms with Gasteiger partial charge in [-0.05, 0) is 38.1 Å². The van der Waals surface area contributed by atoms with Crippen LogP contribution in [0.4, 0.5) is 5.69 Å². The molecule has 0 fully saturated rings. The van der Waals surface area contributed by atoms with Crippen molar-refractivity contribution in [1.29, 1.82) is 0 Å². The Morgan fingerprint density at radius 1 is 1.44 bits per heavy atom. The molecule has 100 valence electrons. The molecule has 0 heterocycles. The molecule has 1 aromatic rings. The molecule has 0 radical (unpaired) electrons. The van der Waals surface area contributed by atoms with Gasteiger partial charge in [0.25, 0.3) is 0 Å². The molecule has 1 aromatic carbocycles. The van der Waals surface area contributed by atoms with Gasteiger partial charge in [-0.1, -0.05) is 11.6 Å². The Morgan fingerprint density at radius 2 is 2.00 bits per heavy atom. The lowest BCUT2D eigenvalue weighted by atomic mass is 9.98. The summed E-state index contributed by atoms with van der Waals surface area (Å²) in [5, 5.41) is 3.73. The number of methoxy groups -OCH3 is 1. The number of nitrogens with one attached hydrogen (secondary N) is 1. The fourth-order valence-electron chi connectivity index (χ4n) is 1.54. The number of anilines is 1. The van der Waals surface area contributed by atoms with Gasteiger partial charge in [0.05, 0.1) is 5.60 Å². The summed E-state index contributed by atoms with van der Waals surface area (Å²) >= 11 is 5.80. The van der Waals surface area contributed by atoms with E-state index in [2.05, 4.69) is 5.32 Å². The van der Waals surface area contributed by atoms with Crippen molar-refractivity contribution in [1.82, 2.24) is 0 Å². The fourth-order valence-corrected chi connectivity index (χ4v) is 1.67. The van der Waals surface area contributed by atoms with Crippen LogP contribution in [0, 0.1) is 0 Å². The third-order valence-corrected chi connectivity index (χ3v) is 3.03. The van der Waals surface area contributed by atoms with Crippen molar-refractivity contribution in [2.24, 2.45) is 5.73 Å². The van der Waals surface area contributed by atoms with Gasteiger partial charge in [0, 0.05) is 24.2 Å². The molecule has 5 heteroatoms. The second-order valence-corrected chi connectivity index (χ2v) is 5.21. The van der Waals surface area contributed by atoms with E-state index in [1.807, 2.05) is 13.8 Å². The number of hydrogen-bond acceptors (Lipinski definition) is 3. The highest BCUT2D eigenvalue weighted by Crippen LogP contribution is 2.20. The van der Waals surface area contributed by atoms with Crippen molar-refractivity contribution < 1.29 is 9.53 Å². The van der Waals surface area contributed by atoms with Crippen LogP contribution in [0.25, 0.3) is 0 Å². The number of halogens is 1. The molecular formula is C13H19ClN2O2. The minimum atomic E-state index is -0.485. The summed E-state index contributed by atoms with van der Waals surface area (Å²) in [5.41, 5.74) is 5.78. The van der Waals surface area contributed by atoms with Gasteiger partial charge in [0.1, 0.15) is 6.04 Å². The average Bonchev–Trinajstić information content (AvgIpc) is 2.31. The zero-order chi connectivity index (χ0) is 13.8. The van der Waals surface area contributed by atoms with Crippen molar-refractivity contribution in [2.75, 3.05) is 12.4 Å². The number of rotatable bonds is 6. The number of hydrogen-bond donors (Lipinski definition) is 2. The highest BCUT2D eigenvalue weighted by atomic mass is 35.5. The van der Waals surface area contributed by atoms with E-state index in [4.69, 9.17) is 22.1 Å². The van der Waals surface area contributed by atoms with Gasteiger partial charge >= 0.3 is 0 Å². The summed E-state index contributed by atoms with van der Waals surface area (Å²) in [6.45, 7) is 3.82. The van der Waals surface area contributed by atoms with Crippen LogP contribution in [0.5, 0.6) is 0 Å². The molecule has 0 saturated heterocycles. The van der Waals surface area contributed by atoms with Gasteiger partial charge in [0.2, 0.25) is 5.91 Å². The molecule has 1 amide bonds. The van der Waals surface area contributed by atoms with Crippen LogP contribution in [-0.2, 0) is 9.53 Å². The van der Waals surface area contributed by atoms with Gasteiger partial charge in [-0.2, -0.15) is 0 Å². The maximum atomic E-state index is 11.4. The smallest absolute Gasteiger partial charge is 0.240 e. The molecule has 4 nitrogen and oxygen atoms in total. The van der Waals surface area contributed by atoms with E-state index in [0.717, 1.165) is 5.69 Å². The first-order valence-electron chi connectivity index (χ1n) is 5.70. The predicted molar refractivity (Wildman–Crippen MR) is 73.8 cm³/mol. The van der Waals surface area contributed by atoms with Gasteiger partial charge < -0.3 is 15.8 Å². The van der Waals surface area contributed by atoms with Gasteiger partial charge in [-0.3, -0.25) is 4.79 Å². The lowest BCUT2D eigenvalue weighted by Gasteiger charge is -2.28. The second kappa shape index (κ2) is 6.07. The van der Waals surface area contributed by atoms with E-state index in [-0.39, 0.29) is 0 Å². The lowest BCUT2D eigenvalue weighted by molar-refractivity contribution is -0.120. The van der Waals surface area contributed by atoms with Crippen LogP contribution in [0.1, 0.15) is 20.3 Å². The molecular weight excluding hydrogens is 252 g/mol. The van der Waals surface area contributed by atoms with E-state index in [1.54, 1.807) is 31.4 Å². The normalized spacial score (nSPS) is 13.1. The van der Waals surface area contributed by atoms with E-state index in [9.17, 15) is 4.79 Å². The van der Waals surface area contributed by atoms with Crippen molar-refractivity contribution in [3.63, 3.8) is 0 Å². The topological polar surface area (TPSA) is 64.3 Å². The van der Waals surface area contributed by atoms with Gasteiger partial charge in [-0.25, -0.2) is 0 Å². The van der Waals surface area contributed by atoms with Gasteiger partial charge in [-0.15, -0.1) is 0 Å². The quantitative estimate of drug-likeness (QED) is 0.834. The first-order valence-corrected chi connectivity index (χ1v) is 6.08. The summed E-state index contributed by atoms with van der Waals surface area (Å²) < 4.78 is 5.31. The summed E-state index contributed by atoms with van der Waals surface area (Å²) in [6, 6.07) is 6.63. The molecule has 0 bridgehead atoms. The Kier molecular flexibility index (Phi) is 4.99. The highest BCUT2D eigenvalue weighted by Gasteiger charge is 2.26. The van der Waals surface area contributed by atoms with E-state index < -0.39 is 17.6 Å². The highest BCUT2D eigenvalue weighted by molar-refractivity contribution is 6.30. The Hall–Kier alpha value is -1.26. The number of carbonyl (C=O) groups is 1. The SMILES string of the molecule is COC(C)(C)CC(Nc1ccc(Cl)cc1)C(N)=O. The monoisotopic (exact) mass is 270 g/mol. The molecule has 0 aliphatic carbocycles. The Labute approximate surface area is 112 Å². The zero-order valence-corrected chi connectivity index (χ0v) is 11.6. The summed E-state index contributed by atoms with van der Waals surface area (Å²) in [6.07, 6.45) is 0.488. The standard InChI is InChI=1S/C13H19ClN2O2/c1-13(2,18-3)8-11(12(15)17)16-10-6-4-9(14)5-7-10/h4-7,11,16H,8H2,1-3H3,(H2,15,17). The van der Waals surface area contributed by atoms with Crippen molar-refractivity contribution in [2.45, 2.75) is 31.9 Å². The van der Waals surface area contributed by atoms with Crippen molar-refractivity contribution >= 4 is 23.2 Å². The van der Waals surface area contributed by atoms with Crippen molar-refractivity contribution in [3.05, 3.63) is 29.3 Å². The number of benzene rings is 1. The second-order valence-electron chi connectivity index (χ2n) is 4.77. The van der Waals surface area contributed by atoms with E-state index >= 15 is 0 Å². The average molecular weight is 271 g/mol. The Bertz CT molecular complexity index is 404.